The highest BCUT2D eigenvalue weighted by Crippen LogP contribution is 2.55. The summed E-state index contributed by atoms with van der Waals surface area (Å²) in [6, 6.07) is 40.8. The van der Waals surface area contributed by atoms with E-state index in [1.165, 1.54) is 45.4 Å². The number of hydrogen-bond donors (Lipinski definition) is 0. The van der Waals surface area contributed by atoms with E-state index in [1.807, 2.05) is 0 Å². The molecule has 196 valence electrons. The molecule has 0 radical (unpaired) electrons. The fourth-order valence-electron chi connectivity index (χ4n) is 6.08. The predicted molar refractivity (Wildman–Crippen MR) is 165 cm³/mol. The summed E-state index contributed by atoms with van der Waals surface area (Å²) < 4.78 is 0. The molecule has 0 saturated heterocycles. The molecule has 5 rings (SSSR count). The molecule has 0 bridgehead atoms. The van der Waals surface area contributed by atoms with Gasteiger partial charge in [0, 0.05) is 6.42 Å². The molecule has 0 aromatic heterocycles. The molecule has 0 aliphatic heterocycles. The topological polar surface area (TPSA) is 0 Å². The van der Waals surface area contributed by atoms with Gasteiger partial charge in [-0.3, -0.25) is 0 Å². The van der Waals surface area contributed by atoms with E-state index < -0.39 is 7.26 Å². The number of allylic oxidation sites excluding steroid dienone is 1. The van der Waals surface area contributed by atoms with Crippen LogP contribution in [0.4, 0.5) is 0 Å². The second kappa shape index (κ2) is 11.7. The van der Waals surface area contributed by atoms with E-state index in [0.717, 1.165) is 12.6 Å². The van der Waals surface area contributed by atoms with Crippen LogP contribution >= 0.6 is 7.26 Å². The molecule has 1 aliphatic rings. The Labute approximate surface area is 241 Å². The van der Waals surface area contributed by atoms with Crippen molar-refractivity contribution >= 4 is 29.3 Å². The molecule has 0 unspecified atom stereocenters. The molecule has 2 heteroatoms. The van der Waals surface area contributed by atoms with Crippen molar-refractivity contribution in [2.45, 2.75) is 57.8 Å². The average Bonchev–Trinajstić information content (AvgIpc) is 2.93. The molecule has 0 amide bonds. The van der Waals surface area contributed by atoms with Crippen molar-refractivity contribution in [2.75, 3.05) is 6.16 Å². The van der Waals surface area contributed by atoms with E-state index in [4.69, 9.17) is 0 Å². The van der Waals surface area contributed by atoms with Crippen molar-refractivity contribution in [3.63, 3.8) is 0 Å². The second-order valence-corrected chi connectivity index (χ2v) is 15.4. The highest BCUT2D eigenvalue weighted by atomic mass is 79.9. The largest absolute Gasteiger partial charge is 1.00 e. The Morgan fingerprint density at radius 1 is 0.605 bits per heavy atom. The first kappa shape index (κ1) is 28.5. The Bertz CT molecular complexity index is 1260. The van der Waals surface area contributed by atoms with Crippen molar-refractivity contribution in [1.29, 1.82) is 0 Å². The summed E-state index contributed by atoms with van der Waals surface area (Å²) in [6.07, 6.45) is 9.42. The van der Waals surface area contributed by atoms with Crippen molar-refractivity contribution in [3.8, 4) is 0 Å². The molecular weight excluding hydrogens is 543 g/mol. The Kier molecular flexibility index (Phi) is 8.81. The van der Waals surface area contributed by atoms with Gasteiger partial charge in [-0.1, -0.05) is 113 Å². The molecule has 4 aromatic carbocycles. The van der Waals surface area contributed by atoms with Crippen LogP contribution < -0.4 is 32.9 Å². The van der Waals surface area contributed by atoms with Crippen molar-refractivity contribution in [3.05, 3.63) is 132 Å². The van der Waals surface area contributed by atoms with Gasteiger partial charge in [-0.25, -0.2) is 0 Å². The maximum absolute atomic E-state index is 2.46. The average molecular weight is 584 g/mol. The van der Waals surface area contributed by atoms with Crippen molar-refractivity contribution in [1.82, 2.24) is 0 Å². The third-order valence-electron chi connectivity index (χ3n) is 8.41. The summed E-state index contributed by atoms with van der Waals surface area (Å²) in [5, 5.41) is 4.37. The number of rotatable bonds is 7. The monoisotopic (exact) mass is 582 g/mol. The third kappa shape index (κ3) is 5.61. The van der Waals surface area contributed by atoms with Crippen LogP contribution in [0.5, 0.6) is 0 Å². The van der Waals surface area contributed by atoms with E-state index in [0.29, 0.717) is 0 Å². The zero-order valence-corrected chi connectivity index (χ0v) is 25.7. The Hall–Kier alpha value is -2.47. The number of hydrogen-bond acceptors (Lipinski definition) is 0. The molecule has 0 nitrogen and oxygen atoms in total. The molecule has 1 aliphatic carbocycles. The van der Waals surface area contributed by atoms with Crippen LogP contribution in [0, 0.1) is 0 Å². The first-order valence-corrected chi connectivity index (χ1v) is 15.7. The maximum Gasteiger partial charge on any atom is 0.112 e. The molecule has 0 N–H and O–H groups in total. The van der Waals surface area contributed by atoms with Crippen LogP contribution in [0.2, 0.25) is 0 Å². The molecule has 0 heterocycles. The summed E-state index contributed by atoms with van der Waals surface area (Å²) in [5.74, 6) is 0. The van der Waals surface area contributed by atoms with Gasteiger partial charge >= 0.3 is 0 Å². The fourth-order valence-corrected chi connectivity index (χ4v) is 10.3. The molecule has 0 spiro atoms. The lowest BCUT2D eigenvalue weighted by Crippen LogP contribution is -3.00. The van der Waals surface area contributed by atoms with E-state index in [9.17, 15) is 0 Å². The van der Waals surface area contributed by atoms with Crippen molar-refractivity contribution in [2.24, 2.45) is 0 Å². The van der Waals surface area contributed by atoms with Crippen molar-refractivity contribution < 1.29 is 17.0 Å². The third-order valence-corrected chi connectivity index (χ3v) is 12.9. The van der Waals surface area contributed by atoms with E-state index in [2.05, 4.69) is 149 Å². The summed E-state index contributed by atoms with van der Waals surface area (Å²) in [4.78, 5) is 0. The SMILES string of the molecule is CC1(C)CCC(C)(C)c2cc(C=CCC[P+](c3ccccc3)(c3ccccc3)c3ccccc3)ccc21.[Br-]. The Balaban J connectivity index is 0.00000336. The minimum absolute atomic E-state index is 0. The van der Waals surface area contributed by atoms with Crippen LogP contribution in [0.15, 0.2) is 115 Å². The predicted octanol–water partition coefficient (Wildman–Crippen LogP) is 5.44. The summed E-state index contributed by atoms with van der Waals surface area (Å²) in [6.45, 7) is 9.62. The summed E-state index contributed by atoms with van der Waals surface area (Å²) in [5.41, 5.74) is 4.89. The van der Waals surface area contributed by atoms with Gasteiger partial charge in [-0.05, 0) is 76.8 Å². The minimum Gasteiger partial charge on any atom is -1.00 e. The van der Waals surface area contributed by atoms with Gasteiger partial charge in [0.05, 0.1) is 6.16 Å². The lowest BCUT2D eigenvalue weighted by molar-refractivity contribution is -0.00000780. The lowest BCUT2D eigenvalue weighted by atomic mass is 9.63. The van der Waals surface area contributed by atoms with E-state index >= 15 is 0 Å². The Morgan fingerprint density at radius 3 is 1.53 bits per heavy atom. The van der Waals surface area contributed by atoms with Crippen LogP contribution in [-0.2, 0) is 10.8 Å². The highest BCUT2D eigenvalue weighted by Gasteiger charge is 2.44. The quantitative estimate of drug-likeness (QED) is 0.255. The molecular formula is C36H40BrP. The number of fused-ring (bicyclic) bond motifs is 1. The first-order valence-electron chi connectivity index (χ1n) is 13.7. The Morgan fingerprint density at radius 2 is 1.05 bits per heavy atom. The highest BCUT2D eigenvalue weighted by molar-refractivity contribution is 7.95. The van der Waals surface area contributed by atoms with E-state index in [-0.39, 0.29) is 27.8 Å². The van der Waals surface area contributed by atoms with Gasteiger partial charge in [0.25, 0.3) is 0 Å². The summed E-state index contributed by atoms with van der Waals surface area (Å²) >= 11 is 0. The van der Waals surface area contributed by atoms with Gasteiger partial charge in [0.1, 0.15) is 23.2 Å². The smallest absolute Gasteiger partial charge is 0.112 e. The van der Waals surface area contributed by atoms with Gasteiger partial charge in [-0.15, -0.1) is 0 Å². The minimum atomic E-state index is -1.78. The zero-order valence-electron chi connectivity index (χ0n) is 23.2. The van der Waals surface area contributed by atoms with E-state index in [1.54, 1.807) is 0 Å². The van der Waals surface area contributed by atoms with Crippen LogP contribution in [0.25, 0.3) is 6.08 Å². The standard InChI is InChI=1S/C36H40P.BrH/c1-35(2)25-26-36(3,4)34-28-29(23-24-33(34)35)16-14-15-27-37(30-17-8-5-9-18-30,31-19-10-6-11-20-31)32-21-12-7-13-22-32;/h5-14,16-24,28H,15,25-27H2,1-4H3;1H/q+1;/p-1. The molecule has 4 aromatic rings. The number of halogens is 1. The van der Waals surface area contributed by atoms with Gasteiger partial charge in [0.2, 0.25) is 0 Å². The molecule has 0 saturated carbocycles. The van der Waals surface area contributed by atoms with Gasteiger partial charge < -0.3 is 17.0 Å². The normalized spacial score (nSPS) is 16.0. The first-order chi connectivity index (χ1) is 17.8. The number of benzene rings is 4. The van der Waals surface area contributed by atoms with Crippen LogP contribution in [0.3, 0.4) is 0 Å². The fraction of sp³-hybridized carbons (Fsp3) is 0.278. The molecule has 38 heavy (non-hydrogen) atoms. The zero-order chi connectivity index (χ0) is 25.9. The second-order valence-electron chi connectivity index (χ2n) is 11.8. The van der Waals surface area contributed by atoms with Gasteiger partial charge in [-0.2, -0.15) is 0 Å². The van der Waals surface area contributed by atoms with Gasteiger partial charge in [0.15, 0.2) is 0 Å². The maximum atomic E-state index is 2.46. The van der Waals surface area contributed by atoms with Crippen LogP contribution in [0.1, 0.15) is 63.6 Å². The molecule has 0 atom stereocenters. The molecule has 0 fully saturated rings. The van der Waals surface area contributed by atoms with Crippen LogP contribution in [-0.4, -0.2) is 6.16 Å². The summed E-state index contributed by atoms with van der Waals surface area (Å²) in [7, 11) is -1.78. The lowest BCUT2D eigenvalue weighted by Gasteiger charge is -2.42.